The Labute approximate surface area is 188 Å². The highest BCUT2D eigenvalue weighted by Crippen LogP contribution is 2.31. The van der Waals surface area contributed by atoms with E-state index in [0.717, 1.165) is 23.9 Å². The Morgan fingerprint density at radius 1 is 1.12 bits per heavy atom. The van der Waals surface area contributed by atoms with Crippen LogP contribution in [0.2, 0.25) is 5.02 Å². The van der Waals surface area contributed by atoms with Crippen molar-refractivity contribution in [3.05, 3.63) is 81.7 Å². The molecular weight excluding hydrogens is 430 g/mol. The number of hydrogen-bond acceptors (Lipinski definition) is 5. The van der Waals surface area contributed by atoms with E-state index in [-0.39, 0.29) is 23.5 Å². The molecule has 0 aliphatic heterocycles. The van der Waals surface area contributed by atoms with Crippen LogP contribution in [-0.2, 0) is 18.4 Å². The summed E-state index contributed by atoms with van der Waals surface area (Å²) in [6.45, 7) is 0.337. The first-order chi connectivity index (χ1) is 15.5. The molecule has 0 radical (unpaired) electrons. The topological polar surface area (TPSA) is 75.3 Å². The third-order valence-corrected chi connectivity index (χ3v) is 5.67. The van der Waals surface area contributed by atoms with Gasteiger partial charge in [0.25, 0.3) is 5.56 Å². The molecule has 7 nitrogen and oxygen atoms in total. The van der Waals surface area contributed by atoms with Gasteiger partial charge >= 0.3 is 12.0 Å². The predicted octanol–water partition coefficient (Wildman–Crippen LogP) is 4.27. The number of rotatable bonds is 6. The number of pyridine rings is 1. The van der Waals surface area contributed by atoms with Gasteiger partial charge in [-0.15, -0.1) is 0 Å². The molecule has 0 atom stereocenters. The van der Waals surface area contributed by atoms with Gasteiger partial charge in [0.2, 0.25) is 0 Å². The predicted molar refractivity (Wildman–Crippen MR) is 120 cm³/mol. The van der Waals surface area contributed by atoms with E-state index in [9.17, 15) is 9.59 Å². The number of carbonyl (C=O) groups excluding carboxylic acids is 1. The first-order valence-electron chi connectivity index (χ1n) is 10.3. The Bertz CT molecular complexity index is 1370. The van der Waals surface area contributed by atoms with Crippen LogP contribution < -0.4 is 15.0 Å². The number of carbonyl (C=O) groups is 1. The number of benzene rings is 2. The van der Waals surface area contributed by atoms with Gasteiger partial charge in [-0.2, -0.15) is 4.98 Å². The molecule has 32 heavy (non-hydrogen) atoms. The Balaban J connectivity index is 1.37. The number of hydrogen-bond donors (Lipinski definition) is 0. The van der Waals surface area contributed by atoms with Gasteiger partial charge in [0.15, 0.2) is 0 Å². The van der Waals surface area contributed by atoms with Gasteiger partial charge < -0.3 is 9.47 Å². The van der Waals surface area contributed by atoms with E-state index in [4.69, 9.17) is 21.1 Å². The summed E-state index contributed by atoms with van der Waals surface area (Å²) in [6, 6.07) is 16.2. The molecule has 1 saturated carbocycles. The van der Waals surface area contributed by atoms with Crippen LogP contribution in [0.15, 0.2) is 65.6 Å². The number of halogens is 1. The molecule has 0 amide bonds. The monoisotopic (exact) mass is 449 g/mol. The molecule has 0 spiro atoms. The molecule has 1 fully saturated rings. The maximum Gasteiger partial charge on any atom is 0.316 e. The third kappa shape index (κ3) is 4.11. The Morgan fingerprint density at radius 3 is 2.62 bits per heavy atom. The van der Waals surface area contributed by atoms with E-state index in [0.29, 0.717) is 28.6 Å². The van der Waals surface area contributed by atoms with E-state index >= 15 is 0 Å². The minimum absolute atomic E-state index is 0.00984. The lowest BCUT2D eigenvalue weighted by molar-refractivity contribution is -0.136. The van der Waals surface area contributed by atoms with E-state index < -0.39 is 0 Å². The number of imidazole rings is 1. The van der Waals surface area contributed by atoms with Crippen molar-refractivity contribution >= 4 is 28.6 Å². The Morgan fingerprint density at radius 2 is 1.91 bits per heavy atom. The van der Waals surface area contributed by atoms with Crippen molar-refractivity contribution < 1.29 is 14.3 Å². The highest BCUT2D eigenvalue weighted by atomic mass is 35.5. The minimum atomic E-state index is -0.242. The fourth-order valence-electron chi connectivity index (χ4n) is 3.40. The maximum absolute atomic E-state index is 12.7. The summed E-state index contributed by atoms with van der Waals surface area (Å²) in [7, 11) is 1.78. The summed E-state index contributed by atoms with van der Waals surface area (Å²) in [5, 5.41) is 0.662. The van der Waals surface area contributed by atoms with Crippen molar-refractivity contribution in [2.45, 2.75) is 19.4 Å². The van der Waals surface area contributed by atoms with Gasteiger partial charge in [0.05, 0.1) is 22.6 Å². The molecule has 162 valence electrons. The van der Waals surface area contributed by atoms with Crippen molar-refractivity contribution in [3.8, 4) is 17.4 Å². The second-order valence-electron chi connectivity index (χ2n) is 7.81. The summed E-state index contributed by atoms with van der Waals surface area (Å²) in [5.41, 5.74) is 2.86. The number of aromatic nitrogens is 3. The van der Waals surface area contributed by atoms with E-state index in [1.54, 1.807) is 48.1 Å². The van der Waals surface area contributed by atoms with E-state index in [1.165, 1.54) is 10.6 Å². The molecule has 8 heteroatoms. The average Bonchev–Trinajstić information content (AvgIpc) is 3.59. The molecule has 2 aromatic heterocycles. The zero-order valence-corrected chi connectivity index (χ0v) is 18.1. The molecule has 0 bridgehead atoms. The van der Waals surface area contributed by atoms with Gasteiger partial charge in [-0.05, 0) is 54.8 Å². The van der Waals surface area contributed by atoms with Crippen LogP contribution in [0.5, 0.6) is 11.8 Å². The zero-order chi connectivity index (χ0) is 22.2. The minimum Gasteiger partial charge on any atom is -0.489 e. The van der Waals surface area contributed by atoms with E-state index in [2.05, 4.69) is 4.98 Å². The molecule has 1 aliphatic rings. The highest BCUT2D eigenvalue weighted by molar-refractivity contribution is 6.30. The van der Waals surface area contributed by atoms with Crippen LogP contribution in [0.1, 0.15) is 18.4 Å². The third-order valence-electron chi connectivity index (χ3n) is 5.41. The van der Waals surface area contributed by atoms with E-state index in [1.807, 2.05) is 18.2 Å². The second-order valence-corrected chi connectivity index (χ2v) is 8.24. The van der Waals surface area contributed by atoms with Crippen molar-refractivity contribution in [2.75, 3.05) is 0 Å². The largest absolute Gasteiger partial charge is 0.489 e. The molecule has 0 unspecified atom stereocenters. The lowest BCUT2D eigenvalue weighted by Gasteiger charge is -2.09. The number of ether oxygens (including phenoxy) is 2. The second kappa shape index (κ2) is 8.16. The number of fused-ring (bicyclic) bond motifs is 1. The Hall–Kier alpha value is -3.58. The molecule has 2 aromatic carbocycles. The van der Waals surface area contributed by atoms with Crippen LogP contribution in [-0.4, -0.2) is 20.1 Å². The zero-order valence-electron chi connectivity index (χ0n) is 17.3. The average molecular weight is 450 g/mol. The van der Waals surface area contributed by atoms with Crippen LogP contribution in [0.4, 0.5) is 0 Å². The van der Waals surface area contributed by atoms with Gasteiger partial charge in [0.1, 0.15) is 12.4 Å². The SMILES string of the molecule is Cn1c(OC(=O)C2CC2)nc2ccc(-n3ccc(OCc4ccc(Cl)cc4)cc3=O)cc21. The summed E-state index contributed by atoms with van der Waals surface area (Å²) < 4.78 is 14.4. The van der Waals surface area contributed by atoms with Crippen LogP contribution in [0.3, 0.4) is 0 Å². The van der Waals surface area contributed by atoms with Gasteiger partial charge in [-0.1, -0.05) is 23.7 Å². The Kier molecular flexibility index (Phi) is 5.19. The molecule has 5 rings (SSSR count). The first kappa shape index (κ1) is 20.3. The molecule has 0 N–H and O–H groups in total. The summed E-state index contributed by atoms with van der Waals surface area (Å²) >= 11 is 5.90. The lowest BCUT2D eigenvalue weighted by atomic mass is 10.2. The van der Waals surface area contributed by atoms with Crippen LogP contribution in [0, 0.1) is 5.92 Å². The summed E-state index contributed by atoms with van der Waals surface area (Å²) in [4.78, 5) is 29.1. The molecule has 2 heterocycles. The van der Waals surface area contributed by atoms with Gasteiger partial charge in [0, 0.05) is 24.3 Å². The van der Waals surface area contributed by atoms with Crippen LogP contribution >= 0.6 is 11.6 Å². The molecule has 1 aliphatic carbocycles. The fourth-order valence-corrected chi connectivity index (χ4v) is 3.53. The van der Waals surface area contributed by atoms with Crippen molar-refractivity contribution in [1.82, 2.24) is 14.1 Å². The smallest absolute Gasteiger partial charge is 0.316 e. The summed E-state index contributed by atoms with van der Waals surface area (Å²) in [5.74, 6) is 0.232. The highest BCUT2D eigenvalue weighted by Gasteiger charge is 2.32. The molecular formula is C24H20ClN3O4. The number of aryl methyl sites for hydroxylation is 1. The number of esters is 1. The molecule has 0 saturated heterocycles. The van der Waals surface area contributed by atoms with Crippen LogP contribution in [0.25, 0.3) is 16.7 Å². The fraction of sp³-hybridized carbons (Fsp3) is 0.208. The van der Waals surface area contributed by atoms with Crippen molar-refractivity contribution in [3.63, 3.8) is 0 Å². The lowest BCUT2D eigenvalue weighted by Crippen LogP contribution is -2.16. The van der Waals surface area contributed by atoms with Gasteiger partial charge in [-0.25, -0.2) is 0 Å². The quantitative estimate of drug-likeness (QED) is 0.411. The number of nitrogens with zero attached hydrogens (tertiary/aromatic N) is 3. The van der Waals surface area contributed by atoms with Crippen molar-refractivity contribution in [2.24, 2.45) is 13.0 Å². The van der Waals surface area contributed by atoms with Gasteiger partial charge in [-0.3, -0.25) is 18.7 Å². The molecule has 4 aromatic rings. The van der Waals surface area contributed by atoms with Crippen molar-refractivity contribution in [1.29, 1.82) is 0 Å². The summed E-state index contributed by atoms with van der Waals surface area (Å²) in [6.07, 6.45) is 3.41. The maximum atomic E-state index is 12.7. The standard InChI is InChI=1S/C24H20ClN3O4/c1-27-21-12-18(8-9-20(21)26-24(27)32-23(30)16-4-5-16)28-11-10-19(13-22(28)29)31-14-15-2-6-17(25)7-3-15/h2-3,6-13,16H,4-5,14H2,1H3. The first-order valence-corrected chi connectivity index (χ1v) is 10.6. The normalized spacial score (nSPS) is 13.3.